The highest BCUT2D eigenvalue weighted by Gasteiger charge is 2.29. The molecule has 3 heteroatoms. The molecule has 0 saturated heterocycles. The number of ether oxygens (including phenoxy) is 1. The molecule has 0 aliphatic heterocycles. The van der Waals surface area contributed by atoms with Crippen LogP contribution in [0.3, 0.4) is 0 Å². The SMILES string of the molecule is COC1C=CC=CC1(N)Cl. The molecule has 0 aromatic rings. The van der Waals surface area contributed by atoms with Gasteiger partial charge in [0, 0.05) is 7.11 Å². The molecule has 0 saturated carbocycles. The van der Waals surface area contributed by atoms with Crippen LogP contribution in [0, 0.1) is 0 Å². The molecule has 1 aliphatic rings. The molecule has 0 spiro atoms. The average Bonchev–Trinajstić information content (AvgIpc) is 1.87. The summed E-state index contributed by atoms with van der Waals surface area (Å²) in [5, 5.41) is 0. The van der Waals surface area contributed by atoms with Crippen LogP contribution in [0.15, 0.2) is 24.3 Å². The van der Waals surface area contributed by atoms with Crippen molar-refractivity contribution in [3.63, 3.8) is 0 Å². The molecular weight excluding hydrogens is 150 g/mol. The molecule has 0 aromatic heterocycles. The lowest BCUT2D eigenvalue weighted by Crippen LogP contribution is -2.44. The second kappa shape index (κ2) is 2.74. The highest BCUT2D eigenvalue weighted by molar-refractivity contribution is 6.25. The van der Waals surface area contributed by atoms with Crippen LogP contribution in [0.4, 0.5) is 0 Å². The minimum absolute atomic E-state index is 0.223. The normalized spacial score (nSPS) is 38.5. The summed E-state index contributed by atoms with van der Waals surface area (Å²) in [6.45, 7) is 0. The minimum atomic E-state index is -0.872. The fourth-order valence-corrected chi connectivity index (χ4v) is 1.10. The first-order valence-corrected chi connectivity index (χ1v) is 3.41. The largest absolute Gasteiger partial charge is 0.374 e. The molecule has 2 atom stereocenters. The van der Waals surface area contributed by atoms with Crippen molar-refractivity contribution in [1.29, 1.82) is 0 Å². The predicted octanol–water partition coefficient (Wildman–Crippen LogP) is 1.02. The topological polar surface area (TPSA) is 35.2 Å². The maximum atomic E-state index is 5.85. The molecule has 1 rings (SSSR count). The third-order valence-corrected chi connectivity index (χ3v) is 1.78. The monoisotopic (exact) mass is 159 g/mol. The summed E-state index contributed by atoms with van der Waals surface area (Å²) in [6.07, 6.45) is 6.99. The molecule has 2 nitrogen and oxygen atoms in total. The van der Waals surface area contributed by atoms with Gasteiger partial charge in [0.25, 0.3) is 0 Å². The quantitative estimate of drug-likeness (QED) is 0.458. The summed E-state index contributed by atoms with van der Waals surface area (Å²) in [6, 6.07) is 0. The Morgan fingerprint density at radius 1 is 1.60 bits per heavy atom. The van der Waals surface area contributed by atoms with Crippen LogP contribution in [0.25, 0.3) is 0 Å². The Labute approximate surface area is 65.3 Å². The highest BCUT2D eigenvalue weighted by Crippen LogP contribution is 2.21. The molecular formula is C7H10ClNO. The first-order chi connectivity index (χ1) is 4.67. The van der Waals surface area contributed by atoms with E-state index in [1.165, 1.54) is 0 Å². The lowest BCUT2D eigenvalue weighted by molar-refractivity contribution is 0.118. The summed E-state index contributed by atoms with van der Waals surface area (Å²) < 4.78 is 5.01. The van der Waals surface area contributed by atoms with Crippen LogP contribution in [-0.2, 0) is 4.74 Å². The van der Waals surface area contributed by atoms with Gasteiger partial charge in [0.05, 0.1) is 0 Å². The van der Waals surface area contributed by atoms with E-state index in [1.54, 1.807) is 13.2 Å². The Bertz CT molecular complexity index is 174. The zero-order valence-electron chi connectivity index (χ0n) is 5.75. The Kier molecular flexibility index (Phi) is 2.14. The van der Waals surface area contributed by atoms with E-state index in [-0.39, 0.29) is 6.10 Å². The molecule has 0 amide bonds. The Morgan fingerprint density at radius 3 is 2.70 bits per heavy atom. The zero-order valence-corrected chi connectivity index (χ0v) is 6.51. The van der Waals surface area contributed by atoms with Crippen LogP contribution in [-0.4, -0.2) is 18.2 Å². The van der Waals surface area contributed by atoms with Gasteiger partial charge in [0.15, 0.2) is 0 Å². The summed E-state index contributed by atoms with van der Waals surface area (Å²) >= 11 is 5.85. The van der Waals surface area contributed by atoms with Crippen molar-refractivity contribution in [3.05, 3.63) is 24.3 Å². The number of halogens is 1. The molecule has 2 unspecified atom stereocenters. The molecule has 1 aliphatic carbocycles. The van der Waals surface area contributed by atoms with Crippen molar-refractivity contribution in [3.8, 4) is 0 Å². The van der Waals surface area contributed by atoms with Crippen LogP contribution in [0.5, 0.6) is 0 Å². The van der Waals surface area contributed by atoms with Gasteiger partial charge in [-0.05, 0) is 6.08 Å². The Balaban J connectivity index is 2.74. The van der Waals surface area contributed by atoms with Gasteiger partial charge in [0.2, 0.25) is 0 Å². The molecule has 0 heterocycles. The maximum Gasteiger partial charge on any atom is 0.140 e. The third kappa shape index (κ3) is 1.40. The highest BCUT2D eigenvalue weighted by atomic mass is 35.5. The van der Waals surface area contributed by atoms with Crippen LogP contribution in [0.2, 0.25) is 0 Å². The van der Waals surface area contributed by atoms with Crippen molar-refractivity contribution < 1.29 is 4.74 Å². The van der Waals surface area contributed by atoms with E-state index in [0.29, 0.717) is 0 Å². The van der Waals surface area contributed by atoms with E-state index in [1.807, 2.05) is 18.2 Å². The molecule has 0 radical (unpaired) electrons. The van der Waals surface area contributed by atoms with Crippen molar-refractivity contribution >= 4 is 11.6 Å². The Hall–Kier alpha value is -0.310. The summed E-state index contributed by atoms with van der Waals surface area (Å²) in [4.78, 5) is -0.872. The standard InChI is InChI=1S/C7H10ClNO/c1-10-6-4-2-3-5-7(6,8)9/h2-6H,9H2,1H3. The van der Waals surface area contributed by atoms with Gasteiger partial charge in [-0.25, -0.2) is 0 Å². The maximum absolute atomic E-state index is 5.85. The second-order valence-electron chi connectivity index (χ2n) is 2.23. The molecule has 0 fully saturated rings. The average molecular weight is 160 g/mol. The number of alkyl halides is 1. The fraction of sp³-hybridized carbons (Fsp3) is 0.429. The molecule has 10 heavy (non-hydrogen) atoms. The molecule has 0 bridgehead atoms. The summed E-state index contributed by atoms with van der Waals surface area (Å²) in [5.41, 5.74) is 5.63. The molecule has 0 aromatic carbocycles. The number of allylic oxidation sites excluding steroid dienone is 2. The number of nitrogens with two attached hydrogens (primary N) is 1. The van der Waals surface area contributed by atoms with Gasteiger partial charge in [0.1, 0.15) is 11.1 Å². The van der Waals surface area contributed by atoms with Gasteiger partial charge < -0.3 is 10.5 Å². The number of rotatable bonds is 1. The van der Waals surface area contributed by atoms with E-state index in [2.05, 4.69) is 0 Å². The lowest BCUT2D eigenvalue weighted by Gasteiger charge is -2.26. The Morgan fingerprint density at radius 2 is 2.30 bits per heavy atom. The summed E-state index contributed by atoms with van der Waals surface area (Å²) in [7, 11) is 1.58. The molecule has 56 valence electrons. The van der Waals surface area contributed by atoms with E-state index < -0.39 is 5.00 Å². The van der Waals surface area contributed by atoms with Crippen LogP contribution >= 0.6 is 11.6 Å². The van der Waals surface area contributed by atoms with E-state index in [0.717, 1.165) is 0 Å². The number of methoxy groups -OCH3 is 1. The first kappa shape index (κ1) is 7.79. The summed E-state index contributed by atoms with van der Waals surface area (Å²) in [5.74, 6) is 0. The van der Waals surface area contributed by atoms with Gasteiger partial charge >= 0.3 is 0 Å². The number of hydrogen-bond donors (Lipinski definition) is 1. The van der Waals surface area contributed by atoms with Gasteiger partial charge in [-0.3, -0.25) is 0 Å². The van der Waals surface area contributed by atoms with E-state index in [9.17, 15) is 0 Å². The van der Waals surface area contributed by atoms with Gasteiger partial charge in [-0.1, -0.05) is 29.8 Å². The minimum Gasteiger partial charge on any atom is -0.374 e. The van der Waals surface area contributed by atoms with E-state index >= 15 is 0 Å². The van der Waals surface area contributed by atoms with Crippen LogP contribution in [0.1, 0.15) is 0 Å². The lowest BCUT2D eigenvalue weighted by atomic mass is 10.1. The smallest absolute Gasteiger partial charge is 0.140 e. The van der Waals surface area contributed by atoms with Gasteiger partial charge in [-0.2, -0.15) is 0 Å². The first-order valence-electron chi connectivity index (χ1n) is 3.03. The van der Waals surface area contributed by atoms with Crippen molar-refractivity contribution in [2.45, 2.75) is 11.1 Å². The second-order valence-corrected chi connectivity index (χ2v) is 2.88. The van der Waals surface area contributed by atoms with Crippen molar-refractivity contribution in [1.82, 2.24) is 0 Å². The zero-order chi connectivity index (χ0) is 7.61. The van der Waals surface area contributed by atoms with Crippen molar-refractivity contribution in [2.24, 2.45) is 5.73 Å². The van der Waals surface area contributed by atoms with E-state index in [4.69, 9.17) is 22.1 Å². The van der Waals surface area contributed by atoms with Gasteiger partial charge in [-0.15, -0.1) is 0 Å². The van der Waals surface area contributed by atoms with Crippen molar-refractivity contribution in [2.75, 3.05) is 7.11 Å². The number of hydrogen-bond acceptors (Lipinski definition) is 2. The third-order valence-electron chi connectivity index (χ3n) is 1.44. The predicted molar refractivity (Wildman–Crippen MR) is 41.8 cm³/mol. The van der Waals surface area contributed by atoms with Crippen LogP contribution < -0.4 is 5.73 Å². The fourth-order valence-electron chi connectivity index (χ4n) is 0.870. The molecule has 2 N–H and O–H groups in total.